The fourth-order valence-electron chi connectivity index (χ4n) is 0.692. The predicted molar refractivity (Wildman–Crippen MR) is 37.8 cm³/mol. The highest BCUT2D eigenvalue weighted by Crippen LogP contribution is 1.98. The van der Waals surface area contributed by atoms with E-state index in [1.807, 2.05) is 0 Å². The minimum Gasteiger partial charge on any atom is -0.481 e. The van der Waals surface area contributed by atoms with Gasteiger partial charge < -0.3 is 5.11 Å². The van der Waals surface area contributed by atoms with Gasteiger partial charge in [0.05, 0.1) is 6.40 Å². The van der Waals surface area contributed by atoms with Crippen LogP contribution in [-0.2, 0) is 11.2 Å². The van der Waals surface area contributed by atoms with Gasteiger partial charge in [0.25, 0.3) is 0 Å². The number of carbonyl (C=O) groups is 1. The molecule has 0 radical (unpaired) electrons. The van der Waals surface area contributed by atoms with Crippen molar-refractivity contribution in [1.29, 1.82) is 0 Å². The summed E-state index contributed by atoms with van der Waals surface area (Å²) in [6.07, 6.45) is -1.16. The summed E-state index contributed by atoms with van der Waals surface area (Å²) in [4.78, 5) is 10.3. The van der Waals surface area contributed by atoms with E-state index in [1.54, 1.807) is 30.3 Å². The first kappa shape index (κ1) is 5.47. The molecule has 1 aromatic rings. The van der Waals surface area contributed by atoms with Gasteiger partial charge in [-0.3, -0.25) is 4.79 Å². The number of rotatable bonds is 2. The lowest BCUT2D eigenvalue weighted by molar-refractivity contribution is -0.136. The molecule has 1 atom stereocenters. The number of carboxylic acid groups (broad SMARTS) is 1. The van der Waals surface area contributed by atoms with Crippen molar-refractivity contribution < 1.29 is 11.3 Å². The molecule has 10 heavy (non-hydrogen) atoms. The van der Waals surface area contributed by atoms with Crippen LogP contribution in [0.5, 0.6) is 0 Å². The Bertz CT molecular complexity index is 246. The summed E-state index contributed by atoms with van der Waals surface area (Å²) >= 11 is 0. The third-order valence-electron chi connectivity index (χ3n) is 1.09. The predicted octanol–water partition coefficient (Wildman–Crippen LogP) is 1.31. The molecule has 2 heteroatoms. The summed E-state index contributed by atoms with van der Waals surface area (Å²) in [7, 11) is 0. The largest absolute Gasteiger partial charge is 0.481 e. The Morgan fingerprint density at radius 3 is 2.60 bits per heavy atom. The maximum absolute atomic E-state index is 10.3. The van der Waals surface area contributed by atoms with Gasteiger partial charge in [0.2, 0.25) is 0 Å². The summed E-state index contributed by atoms with van der Waals surface area (Å²) in [6.45, 7) is 0. The molecule has 1 rings (SSSR count). The van der Waals surface area contributed by atoms with E-state index in [-0.39, 0.29) is 0 Å². The van der Waals surface area contributed by atoms with Crippen molar-refractivity contribution in [3.05, 3.63) is 35.9 Å². The lowest BCUT2D eigenvalue weighted by atomic mass is 10.2. The lowest BCUT2D eigenvalue weighted by Crippen LogP contribution is -1.98. The normalized spacial score (nSPS) is 13.8. The highest BCUT2D eigenvalue weighted by molar-refractivity contribution is 5.70. The molecule has 0 saturated carbocycles. The molecule has 1 aromatic carbocycles. The molecule has 1 N–H and O–H groups in total. The second-order valence-electron chi connectivity index (χ2n) is 1.89. The third-order valence-corrected chi connectivity index (χ3v) is 1.09. The van der Waals surface area contributed by atoms with Crippen LogP contribution in [-0.4, -0.2) is 11.1 Å². The van der Waals surface area contributed by atoms with E-state index in [0.717, 1.165) is 0 Å². The molecule has 0 heterocycles. The van der Waals surface area contributed by atoms with E-state index < -0.39 is 12.4 Å². The monoisotopic (exact) mass is 137 g/mol. The second-order valence-corrected chi connectivity index (χ2v) is 1.89. The minimum atomic E-state index is -1.16. The van der Waals surface area contributed by atoms with Crippen LogP contribution in [0.3, 0.4) is 0 Å². The highest BCUT2D eigenvalue weighted by Gasteiger charge is 1.96. The van der Waals surface area contributed by atoms with Crippen molar-refractivity contribution in [3.8, 4) is 0 Å². The van der Waals surface area contributed by atoms with Crippen molar-refractivity contribution in [2.24, 2.45) is 0 Å². The van der Waals surface area contributed by atoms with Crippen molar-refractivity contribution in [3.63, 3.8) is 0 Å². The third kappa shape index (κ3) is 1.90. The van der Waals surface area contributed by atoms with Gasteiger partial charge >= 0.3 is 5.97 Å². The van der Waals surface area contributed by atoms with Crippen LogP contribution in [0.15, 0.2) is 30.3 Å². The molecule has 0 unspecified atom stereocenters. The first-order chi connectivity index (χ1) is 5.22. The van der Waals surface area contributed by atoms with Gasteiger partial charge in [0.15, 0.2) is 0 Å². The van der Waals surface area contributed by atoms with E-state index >= 15 is 0 Å². The van der Waals surface area contributed by atoms with Crippen LogP contribution >= 0.6 is 0 Å². The van der Waals surface area contributed by atoms with Crippen LogP contribution in [0.1, 0.15) is 6.93 Å². The average molecular weight is 137 g/mol. The van der Waals surface area contributed by atoms with Crippen molar-refractivity contribution >= 4 is 5.97 Å². The Morgan fingerprint density at radius 2 is 2.10 bits per heavy atom. The van der Waals surface area contributed by atoms with Crippen LogP contribution in [0.25, 0.3) is 0 Å². The lowest BCUT2D eigenvalue weighted by Gasteiger charge is -1.92. The molecule has 0 amide bonds. The molecule has 0 saturated heterocycles. The van der Waals surface area contributed by atoms with Crippen molar-refractivity contribution in [2.45, 2.75) is 6.40 Å². The van der Waals surface area contributed by atoms with Crippen LogP contribution in [0.2, 0.25) is 0 Å². The second kappa shape index (κ2) is 3.01. The minimum absolute atomic E-state index is 0.514. The van der Waals surface area contributed by atoms with E-state index in [4.69, 9.17) is 6.48 Å². The summed E-state index contributed by atoms with van der Waals surface area (Å²) in [6, 6.07) is 8.50. The first-order valence-corrected chi connectivity index (χ1v) is 2.92. The molecule has 0 aliphatic rings. The van der Waals surface area contributed by atoms with E-state index in [0.29, 0.717) is 5.56 Å². The number of hydrogen-bond acceptors (Lipinski definition) is 1. The fourth-order valence-corrected chi connectivity index (χ4v) is 0.692. The summed E-state index contributed by atoms with van der Waals surface area (Å²) < 4.78 is 7.17. The van der Waals surface area contributed by atoms with Gasteiger partial charge in [-0.15, -0.1) is 0 Å². The van der Waals surface area contributed by atoms with E-state index in [1.165, 1.54) is 0 Å². The number of aliphatic carboxylic acids is 1. The molecule has 0 bridgehead atoms. The number of carboxylic acids is 1. The average Bonchev–Trinajstić information content (AvgIpc) is 2.05. The molecule has 0 aromatic heterocycles. The standard InChI is InChI=1S/C8H8O2/c9-8(10)6-7-4-2-1-3-5-7/h1-5H,6H2,(H,9,10)/i6D/t6-/m0/s1. The number of benzene rings is 1. The summed E-state index contributed by atoms with van der Waals surface area (Å²) in [5.41, 5.74) is 0.514. The first-order valence-electron chi connectivity index (χ1n) is 3.49. The fraction of sp³-hybridized carbons (Fsp3) is 0.125. The maximum Gasteiger partial charge on any atom is 0.307 e. The van der Waals surface area contributed by atoms with Crippen molar-refractivity contribution in [1.82, 2.24) is 0 Å². The highest BCUT2D eigenvalue weighted by atomic mass is 16.4. The van der Waals surface area contributed by atoms with E-state index in [2.05, 4.69) is 0 Å². The van der Waals surface area contributed by atoms with Gasteiger partial charge in [0, 0.05) is 1.37 Å². The summed E-state index contributed by atoms with van der Waals surface area (Å²) in [5.74, 6) is -1.11. The van der Waals surface area contributed by atoms with Crippen molar-refractivity contribution in [2.75, 3.05) is 0 Å². The van der Waals surface area contributed by atoms with E-state index in [9.17, 15) is 4.79 Å². The molecule has 0 aliphatic carbocycles. The zero-order valence-electron chi connectivity index (χ0n) is 6.32. The Balaban J connectivity index is 2.85. The zero-order chi connectivity index (χ0) is 8.27. The van der Waals surface area contributed by atoms with Gasteiger partial charge in [-0.1, -0.05) is 30.3 Å². The molecule has 2 nitrogen and oxygen atoms in total. The molecular formula is C8H8O2. The molecule has 0 spiro atoms. The molecule has 0 aliphatic heterocycles. The Labute approximate surface area is 60.5 Å². The maximum atomic E-state index is 10.3. The quantitative estimate of drug-likeness (QED) is 0.667. The Morgan fingerprint density at radius 1 is 1.50 bits per heavy atom. The SMILES string of the molecule is [2H][C@H](C(=O)O)c1ccccc1. The van der Waals surface area contributed by atoms with Gasteiger partial charge in [-0.25, -0.2) is 0 Å². The smallest absolute Gasteiger partial charge is 0.307 e. The molecule has 52 valence electrons. The molecular weight excluding hydrogens is 128 g/mol. The summed E-state index contributed by atoms with van der Waals surface area (Å²) in [5, 5.41) is 8.45. The van der Waals surface area contributed by atoms with Gasteiger partial charge in [0.1, 0.15) is 0 Å². The molecule has 0 fully saturated rings. The Hall–Kier alpha value is -1.31. The zero-order valence-corrected chi connectivity index (χ0v) is 5.32. The topological polar surface area (TPSA) is 37.3 Å². The van der Waals surface area contributed by atoms with Gasteiger partial charge in [-0.05, 0) is 5.56 Å². The Kier molecular flexibility index (Phi) is 1.65. The number of hydrogen-bond donors (Lipinski definition) is 1. The van der Waals surface area contributed by atoms with Crippen LogP contribution in [0.4, 0.5) is 0 Å². The van der Waals surface area contributed by atoms with Crippen LogP contribution in [0, 0.1) is 0 Å². The van der Waals surface area contributed by atoms with Gasteiger partial charge in [-0.2, -0.15) is 0 Å². The van der Waals surface area contributed by atoms with Crippen LogP contribution < -0.4 is 0 Å².